The highest BCUT2D eigenvalue weighted by Crippen LogP contribution is 2.26. The van der Waals surface area contributed by atoms with E-state index >= 15 is 0 Å². The Labute approximate surface area is 201 Å². The molecule has 1 saturated heterocycles. The van der Waals surface area contributed by atoms with E-state index in [0.717, 1.165) is 44.1 Å². The maximum absolute atomic E-state index is 12.9. The highest BCUT2D eigenvalue weighted by atomic mass is 32.2. The normalized spacial score (nSPS) is 18.8. The fourth-order valence-corrected chi connectivity index (χ4v) is 5.95. The Kier molecular flexibility index (Phi) is 6.34. The van der Waals surface area contributed by atoms with Crippen LogP contribution in [0.4, 0.5) is 5.69 Å². The summed E-state index contributed by atoms with van der Waals surface area (Å²) in [6.45, 7) is 1.10. The maximum atomic E-state index is 12.9. The van der Waals surface area contributed by atoms with Gasteiger partial charge in [-0.1, -0.05) is 6.07 Å². The van der Waals surface area contributed by atoms with E-state index in [2.05, 4.69) is 10.0 Å². The number of hydrogen-bond acceptors (Lipinski definition) is 4. The first-order chi connectivity index (χ1) is 16.4. The molecule has 0 unspecified atom stereocenters. The molecule has 1 saturated carbocycles. The Hall–Kier alpha value is -2.87. The Balaban J connectivity index is 1.19. The van der Waals surface area contributed by atoms with Gasteiger partial charge in [-0.25, -0.2) is 8.42 Å². The molecule has 0 spiro atoms. The Bertz CT molecular complexity index is 1180. The van der Waals surface area contributed by atoms with Crippen LogP contribution in [0.5, 0.6) is 0 Å². The molecule has 2 amide bonds. The predicted octanol–water partition coefficient (Wildman–Crippen LogP) is 3.50. The second-order valence-electron chi connectivity index (χ2n) is 9.67. The number of fused-ring (bicyclic) bond motifs is 1. The average molecular weight is 482 g/mol. The van der Waals surface area contributed by atoms with E-state index in [9.17, 15) is 18.0 Å². The lowest BCUT2D eigenvalue weighted by Crippen LogP contribution is -2.43. The summed E-state index contributed by atoms with van der Waals surface area (Å²) < 4.78 is 28.4. The van der Waals surface area contributed by atoms with E-state index in [0.29, 0.717) is 43.2 Å². The van der Waals surface area contributed by atoms with Gasteiger partial charge in [-0.2, -0.15) is 0 Å². The molecule has 0 bridgehead atoms. The van der Waals surface area contributed by atoms with Gasteiger partial charge in [0.2, 0.25) is 5.91 Å². The van der Waals surface area contributed by atoms with Crippen LogP contribution in [0.15, 0.2) is 47.4 Å². The Morgan fingerprint density at radius 2 is 1.53 bits per heavy atom. The number of carbonyl (C=O) groups excluding carboxylic acids is 2. The minimum Gasteiger partial charge on any atom is -0.353 e. The summed E-state index contributed by atoms with van der Waals surface area (Å²) in [5.74, 6) is 0.000310. The van der Waals surface area contributed by atoms with Gasteiger partial charge in [0, 0.05) is 36.3 Å². The summed E-state index contributed by atoms with van der Waals surface area (Å²) in [7, 11) is -3.70. The van der Waals surface area contributed by atoms with Crippen LogP contribution in [-0.2, 0) is 27.7 Å². The predicted molar refractivity (Wildman–Crippen MR) is 130 cm³/mol. The third-order valence-corrected chi connectivity index (χ3v) is 8.47. The molecule has 34 heavy (non-hydrogen) atoms. The van der Waals surface area contributed by atoms with Crippen molar-refractivity contribution in [1.29, 1.82) is 0 Å². The van der Waals surface area contributed by atoms with Gasteiger partial charge in [0.25, 0.3) is 15.9 Å². The molecule has 0 aromatic heterocycles. The number of aryl methyl sites for hydroxylation is 2. The molecular weight excluding hydrogens is 450 g/mol. The van der Waals surface area contributed by atoms with Gasteiger partial charge >= 0.3 is 0 Å². The number of benzene rings is 2. The Morgan fingerprint density at radius 1 is 0.853 bits per heavy atom. The third kappa shape index (κ3) is 5.12. The number of likely N-dealkylation sites (tertiary alicyclic amines) is 1. The van der Waals surface area contributed by atoms with E-state index < -0.39 is 10.0 Å². The van der Waals surface area contributed by atoms with Crippen molar-refractivity contribution in [3.63, 3.8) is 0 Å². The zero-order chi connectivity index (χ0) is 23.7. The summed E-state index contributed by atoms with van der Waals surface area (Å²) in [4.78, 5) is 27.2. The van der Waals surface area contributed by atoms with Crippen molar-refractivity contribution in [1.82, 2.24) is 10.2 Å². The molecule has 7 nitrogen and oxygen atoms in total. The maximum Gasteiger partial charge on any atom is 0.261 e. The second kappa shape index (κ2) is 9.41. The molecule has 5 rings (SSSR count). The molecule has 2 aliphatic carbocycles. The molecule has 2 N–H and O–H groups in total. The molecule has 2 aromatic rings. The van der Waals surface area contributed by atoms with Gasteiger partial charge in [-0.3, -0.25) is 14.3 Å². The van der Waals surface area contributed by atoms with Crippen molar-refractivity contribution in [3.05, 3.63) is 59.2 Å². The summed E-state index contributed by atoms with van der Waals surface area (Å²) >= 11 is 0. The smallest absolute Gasteiger partial charge is 0.261 e. The van der Waals surface area contributed by atoms with Gasteiger partial charge < -0.3 is 10.2 Å². The molecule has 2 fully saturated rings. The lowest BCUT2D eigenvalue weighted by atomic mass is 9.92. The number of nitrogens with one attached hydrogen (secondary N) is 2. The second-order valence-corrected chi connectivity index (χ2v) is 11.4. The monoisotopic (exact) mass is 481 g/mol. The summed E-state index contributed by atoms with van der Waals surface area (Å²) in [6, 6.07) is 12.3. The fourth-order valence-electron chi connectivity index (χ4n) is 4.85. The van der Waals surface area contributed by atoms with E-state index in [4.69, 9.17) is 0 Å². The van der Waals surface area contributed by atoms with Crippen LogP contribution in [0.1, 0.15) is 60.0 Å². The van der Waals surface area contributed by atoms with Crippen LogP contribution in [-0.4, -0.2) is 44.3 Å². The highest BCUT2D eigenvalue weighted by Gasteiger charge is 2.31. The van der Waals surface area contributed by atoms with Gasteiger partial charge in [0.15, 0.2) is 0 Å². The third-order valence-electron chi connectivity index (χ3n) is 7.09. The largest absolute Gasteiger partial charge is 0.353 e. The van der Waals surface area contributed by atoms with Crippen molar-refractivity contribution in [2.45, 2.75) is 62.3 Å². The van der Waals surface area contributed by atoms with Gasteiger partial charge in [0.05, 0.1) is 4.90 Å². The minimum absolute atomic E-state index is 0.0231. The van der Waals surface area contributed by atoms with Crippen molar-refractivity contribution in [2.75, 3.05) is 17.8 Å². The number of anilines is 1. The molecule has 1 heterocycles. The lowest BCUT2D eigenvalue weighted by molar-refractivity contribution is -0.126. The average Bonchev–Trinajstić information content (AvgIpc) is 3.67. The van der Waals surface area contributed by atoms with Crippen molar-refractivity contribution < 1.29 is 18.0 Å². The summed E-state index contributed by atoms with van der Waals surface area (Å²) in [5.41, 5.74) is 3.28. The number of nitrogens with zero attached hydrogens (tertiary/aromatic N) is 1. The number of rotatable bonds is 6. The topological polar surface area (TPSA) is 95.6 Å². The summed E-state index contributed by atoms with van der Waals surface area (Å²) in [6.07, 6.45) is 7.64. The highest BCUT2D eigenvalue weighted by molar-refractivity contribution is 7.92. The molecule has 1 aliphatic heterocycles. The van der Waals surface area contributed by atoms with Gasteiger partial charge in [0.1, 0.15) is 0 Å². The van der Waals surface area contributed by atoms with Crippen LogP contribution < -0.4 is 10.0 Å². The first-order valence-electron chi connectivity index (χ1n) is 12.2. The van der Waals surface area contributed by atoms with Crippen LogP contribution in [0, 0.1) is 5.92 Å². The number of carbonyl (C=O) groups is 2. The molecule has 2 aromatic carbocycles. The lowest BCUT2D eigenvalue weighted by Gasteiger charge is -2.31. The van der Waals surface area contributed by atoms with E-state index in [1.54, 1.807) is 41.3 Å². The molecule has 0 radical (unpaired) electrons. The van der Waals surface area contributed by atoms with Crippen LogP contribution in [0.2, 0.25) is 0 Å². The van der Waals surface area contributed by atoms with E-state index in [1.807, 2.05) is 6.07 Å². The number of sulfonamides is 1. The number of amides is 2. The zero-order valence-electron chi connectivity index (χ0n) is 19.3. The molecule has 8 heteroatoms. The quantitative estimate of drug-likeness (QED) is 0.660. The fraction of sp³-hybridized carbons (Fsp3) is 0.462. The number of hydrogen-bond donors (Lipinski definition) is 2. The van der Waals surface area contributed by atoms with Crippen molar-refractivity contribution >= 4 is 27.5 Å². The Morgan fingerprint density at radius 3 is 2.21 bits per heavy atom. The number of piperidine rings is 1. The van der Waals surface area contributed by atoms with Crippen LogP contribution in [0.25, 0.3) is 0 Å². The minimum atomic E-state index is -3.70. The SMILES string of the molecule is O=C(NC1CC1)C1CCN(C(=O)c2ccc(NS(=O)(=O)c3ccc4c(c3)CCCC4)cc2)CC1. The first-order valence-corrected chi connectivity index (χ1v) is 13.7. The molecule has 3 aliphatic rings. The molecule has 0 atom stereocenters. The zero-order valence-corrected chi connectivity index (χ0v) is 20.1. The van der Waals surface area contributed by atoms with Crippen LogP contribution >= 0.6 is 0 Å². The summed E-state index contributed by atoms with van der Waals surface area (Å²) in [5, 5.41) is 3.05. The van der Waals surface area contributed by atoms with Crippen molar-refractivity contribution in [3.8, 4) is 0 Å². The molecular formula is C26H31N3O4S. The van der Waals surface area contributed by atoms with Gasteiger partial charge in [-0.15, -0.1) is 0 Å². The molecule has 180 valence electrons. The van der Waals surface area contributed by atoms with Crippen LogP contribution in [0.3, 0.4) is 0 Å². The standard InChI is InChI=1S/C26H31N3O4S/c30-25(27-22-10-11-22)19-13-15-29(16-14-19)26(31)20-5-8-23(9-6-20)28-34(32,33)24-12-7-18-3-1-2-4-21(18)17-24/h5-9,12,17,19,22,28H,1-4,10-11,13-16H2,(H,27,30). The van der Waals surface area contributed by atoms with Crippen molar-refractivity contribution in [2.24, 2.45) is 5.92 Å². The van der Waals surface area contributed by atoms with E-state index in [1.165, 1.54) is 5.56 Å². The van der Waals surface area contributed by atoms with E-state index in [-0.39, 0.29) is 22.6 Å². The van der Waals surface area contributed by atoms with Gasteiger partial charge in [-0.05, 0) is 98.9 Å². The first kappa shape index (κ1) is 22.9.